The molecule has 1 aromatic carbocycles. The van der Waals surface area contributed by atoms with E-state index < -0.39 is 0 Å². The van der Waals surface area contributed by atoms with Crippen LogP contribution in [0, 0.1) is 5.41 Å². The number of hydrogen-bond donors (Lipinski definition) is 0. The molecule has 0 heteroatoms. The number of benzene rings is 1. The third kappa shape index (κ3) is 7.33. The van der Waals surface area contributed by atoms with Crippen molar-refractivity contribution < 1.29 is 0 Å². The van der Waals surface area contributed by atoms with Gasteiger partial charge < -0.3 is 0 Å². The fraction of sp³-hybridized carbons (Fsp3) is 0.500. The summed E-state index contributed by atoms with van der Waals surface area (Å²) in [6.45, 7) is 15.4. The van der Waals surface area contributed by atoms with Crippen molar-refractivity contribution in [2.45, 2.75) is 61.3 Å². The third-order valence-corrected chi connectivity index (χ3v) is 3.28. The van der Waals surface area contributed by atoms with E-state index >= 15 is 0 Å². The molecule has 0 aromatic heterocycles. The van der Waals surface area contributed by atoms with Crippen molar-refractivity contribution in [1.82, 2.24) is 0 Å². The van der Waals surface area contributed by atoms with Crippen LogP contribution in [0.15, 0.2) is 48.1 Å². The summed E-state index contributed by atoms with van der Waals surface area (Å²) < 4.78 is 0. The molecule has 112 valence electrons. The van der Waals surface area contributed by atoms with Gasteiger partial charge in [-0.1, -0.05) is 89.9 Å². The number of unbranched alkanes of at least 4 members (excludes halogenated alkanes) is 1. The SMILES string of the molecule is C/C=C(\C=C(/C)c1ccccc1)C(C)(C)C.CCCC. The van der Waals surface area contributed by atoms with Crippen LogP contribution in [0.5, 0.6) is 0 Å². The van der Waals surface area contributed by atoms with Gasteiger partial charge in [0.25, 0.3) is 0 Å². The molecule has 0 radical (unpaired) electrons. The molecule has 0 saturated carbocycles. The number of allylic oxidation sites excluding steroid dienone is 4. The highest BCUT2D eigenvalue weighted by molar-refractivity contribution is 5.66. The first-order chi connectivity index (χ1) is 9.36. The van der Waals surface area contributed by atoms with Gasteiger partial charge in [-0.05, 0) is 36.0 Å². The van der Waals surface area contributed by atoms with Crippen LogP contribution in [0.2, 0.25) is 0 Å². The Bertz CT molecular complexity index is 411. The van der Waals surface area contributed by atoms with Crippen LogP contribution in [-0.2, 0) is 0 Å². The lowest BCUT2D eigenvalue weighted by molar-refractivity contribution is 0.516. The average Bonchev–Trinajstić information content (AvgIpc) is 2.44. The molecular weight excluding hydrogens is 240 g/mol. The summed E-state index contributed by atoms with van der Waals surface area (Å²) in [5.41, 5.74) is 4.22. The van der Waals surface area contributed by atoms with Crippen LogP contribution in [0.25, 0.3) is 5.57 Å². The van der Waals surface area contributed by atoms with Gasteiger partial charge in [0.1, 0.15) is 0 Å². The molecule has 0 aliphatic rings. The van der Waals surface area contributed by atoms with E-state index in [9.17, 15) is 0 Å². The maximum absolute atomic E-state index is 2.29. The minimum atomic E-state index is 0.213. The van der Waals surface area contributed by atoms with E-state index in [1.165, 1.54) is 29.6 Å². The fourth-order valence-electron chi connectivity index (χ4n) is 1.75. The van der Waals surface area contributed by atoms with Crippen molar-refractivity contribution in [2.75, 3.05) is 0 Å². The Morgan fingerprint density at radius 1 is 1.00 bits per heavy atom. The van der Waals surface area contributed by atoms with E-state index in [0.717, 1.165) is 0 Å². The monoisotopic (exact) mass is 272 g/mol. The Morgan fingerprint density at radius 3 is 1.85 bits per heavy atom. The molecule has 1 rings (SSSR count). The van der Waals surface area contributed by atoms with Gasteiger partial charge in [-0.15, -0.1) is 0 Å². The Balaban J connectivity index is 0.000000796. The minimum absolute atomic E-state index is 0.213. The van der Waals surface area contributed by atoms with Gasteiger partial charge in [0.2, 0.25) is 0 Å². The van der Waals surface area contributed by atoms with Crippen molar-refractivity contribution in [3.05, 3.63) is 53.6 Å². The van der Waals surface area contributed by atoms with E-state index in [1.54, 1.807) is 0 Å². The summed E-state index contributed by atoms with van der Waals surface area (Å²) in [5, 5.41) is 0. The van der Waals surface area contributed by atoms with Crippen molar-refractivity contribution in [2.24, 2.45) is 5.41 Å². The van der Waals surface area contributed by atoms with Gasteiger partial charge >= 0.3 is 0 Å². The molecule has 0 saturated heterocycles. The third-order valence-electron chi connectivity index (χ3n) is 3.28. The number of hydrogen-bond acceptors (Lipinski definition) is 0. The summed E-state index contributed by atoms with van der Waals surface area (Å²) in [4.78, 5) is 0. The van der Waals surface area contributed by atoms with Crippen LogP contribution in [-0.4, -0.2) is 0 Å². The molecule has 0 fully saturated rings. The van der Waals surface area contributed by atoms with Gasteiger partial charge in [-0.25, -0.2) is 0 Å². The molecule has 0 spiro atoms. The zero-order valence-corrected chi connectivity index (χ0v) is 14.5. The van der Waals surface area contributed by atoms with E-state index in [2.05, 4.69) is 91.0 Å². The van der Waals surface area contributed by atoms with E-state index in [-0.39, 0.29) is 5.41 Å². The molecule has 1 aromatic rings. The smallest absolute Gasteiger partial charge is 0.0135 e. The first-order valence-corrected chi connectivity index (χ1v) is 7.77. The second-order valence-electron chi connectivity index (χ2n) is 6.19. The fourth-order valence-corrected chi connectivity index (χ4v) is 1.75. The molecule has 0 heterocycles. The van der Waals surface area contributed by atoms with Gasteiger partial charge in [-0.2, -0.15) is 0 Å². The van der Waals surface area contributed by atoms with Gasteiger partial charge in [0, 0.05) is 0 Å². The quantitative estimate of drug-likeness (QED) is 0.525. The highest BCUT2D eigenvalue weighted by Gasteiger charge is 2.14. The first-order valence-electron chi connectivity index (χ1n) is 7.77. The van der Waals surface area contributed by atoms with E-state index in [1.807, 2.05) is 0 Å². The average molecular weight is 272 g/mol. The molecule has 0 aliphatic heterocycles. The van der Waals surface area contributed by atoms with Crippen molar-refractivity contribution in [1.29, 1.82) is 0 Å². The summed E-state index contributed by atoms with van der Waals surface area (Å²) in [6.07, 6.45) is 7.13. The highest BCUT2D eigenvalue weighted by Crippen LogP contribution is 2.28. The molecule has 0 atom stereocenters. The van der Waals surface area contributed by atoms with Crippen LogP contribution in [0.3, 0.4) is 0 Å². The lowest BCUT2D eigenvalue weighted by atomic mass is 9.84. The maximum atomic E-state index is 2.29. The first kappa shape index (κ1) is 18.7. The molecule has 0 bridgehead atoms. The van der Waals surface area contributed by atoms with Crippen LogP contribution >= 0.6 is 0 Å². The van der Waals surface area contributed by atoms with Crippen LogP contribution in [0.1, 0.15) is 66.9 Å². The normalized spacial score (nSPS) is 12.8. The van der Waals surface area contributed by atoms with Gasteiger partial charge in [0.05, 0.1) is 0 Å². The summed E-state index contributed by atoms with van der Waals surface area (Å²) in [5.74, 6) is 0. The minimum Gasteiger partial charge on any atom is -0.0839 e. The van der Waals surface area contributed by atoms with Crippen molar-refractivity contribution >= 4 is 5.57 Å². The predicted molar refractivity (Wildman–Crippen MR) is 93.9 cm³/mol. The Morgan fingerprint density at radius 2 is 1.50 bits per heavy atom. The molecular formula is C20H32. The molecule has 0 unspecified atom stereocenters. The zero-order chi connectivity index (χ0) is 15.6. The van der Waals surface area contributed by atoms with Crippen LogP contribution < -0.4 is 0 Å². The summed E-state index contributed by atoms with van der Waals surface area (Å²) in [7, 11) is 0. The second kappa shape index (κ2) is 9.58. The maximum Gasteiger partial charge on any atom is -0.0135 e. The van der Waals surface area contributed by atoms with E-state index in [4.69, 9.17) is 0 Å². The van der Waals surface area contributed by atoms with E-state index in [0.29, 0.717) is 0 Å². The molecule has 0 nitrogen and oxygen atoms in total. The molecule has 0 amide bonds. The zero-order valence-electron chi connectivity index (χ0n) is 14.5. The second-order valence-corrected chi connectivity index (χ2v) is 6.19. The Kier molecular flexibility index (Phi) is 8.96. The predicted octanol–water partition coefficient (Wildman–Crippen LogP) is 6.89. The summed E-state index contributed by atoms with van der Waals surface area (Å²) >= 11 is 0. The largest absolute Gasteiger partial charge is 0.0839 e. The van der Waals surface area contributed by atoms with Crippen LogP contribution in [0.4, 0.5) is 0 Å². The number of rotatable bonds is 3. The van der Waals surface area contributed by atoms with Crippen molar-refractivity contribution in [3.63, 3.8) is 0 Å². The lowest BCUT2D eigenvalue weighted by Gasteiger charge is -2.21. The molecule has 0 aliphatic carbocycles. The Hall–Kier alpha value is -1.30. The molecule has 0 N–H and O–H groups in total. The van der Waals surface area contributed by atoms with Crippen molar-refractivity contribution in [3.8, 4) is 0 Å². The highest BCUT2D eigenvalue weighted by atomic mass is 14.2. The van der Waals surface area contributed by atoms with Gasteiger partial charge in [0.15, 0.2) is 0 Å². The summed E-state index contributed by atoms with van der Waals surface area (Å²) in [6, 6.07) is 10.5. The lowest BCUT2D eigenvalue weighted by Crippen LogP contribution is -2.07. The topological polar surface area (TPSA) is 0 Å². The standard InChI is InChI=1S/C16H22.C4H10/c1-6-15(16(3,4)5)12-13(2)14-10-8-7-9-11-14;1-3-4-2/h6-12H,1-5H3;3-4H2,1-2H3/b13-12+,15-6+;. The van der Waals surface area contributed by atoms with Gasteiger partial charge in [-0.3, -0.25) is 0 Å². The molecule has 20 heavy (non-hydrogen) atoms. The Labute approximate surface area is 126 Å².